The second-order valence-electron chi connectivity index (χ2n) is 3.56. The molecule has 0 aliphatic carbocycles. The molecule has 3 aromatic heterocycles. The van der Waals surface area contributed by atoms with Crippen LogP contribution in [0.2, 0.25) is 0 Å². The highest BCUT2D eigenvalue weighted by Gasteiger charge is 2.09. The molecule has 7 nitrogen and oxygen atoms in total. The van der Waals surface area contributed by atoms with Crippen molar-refractivity contribution in [3.05, 3.63) is 42.6 Å². The van der Waals surface area contributed by atoms with Crippen LogP contribution in [0.5, 0.6) is 0 Å². The van der Waals surface area contributed by atoms with Crippen LogP contribution >= 0.6 is 0 Å². The molecule has 0 spiro atoms. The first-order valence-corrected chi connectivity index (χ1v) is 5.20. The van der Waals surface area contributed by atoms with Gasteiger partial charge in [-0.25, -0.2) is 15.0 Å². The van der Waals surface area contributed by atoms with E-state index in [2.05, 4.69) is 30.5 Å². The maximum absolute atomic E-state index is 11.9. The van der Waals surface area contributed by atoms with Gasteiger partial charge in [-0.3, -0.25) is 9.89 Å². The van der Waals surface area contributed by atoms with E-state index < -0.39 is 0 Å². The lowest BCUT2D eigenvalue weighted by atomic mass is 10.3. The molecule has 0 aliphatic rings. The second-order valence-corrected chi connectivity index (χ2v) is 3.56. The molecule has 0 atom stereocenters. The Labute approximate surface area is 101 Å². The fourth-order valence-electron chi connectivity index (χ4n) is 1.50. The zero-order chi connectivity index (χ0) is 12.4. The van der Waals surface area contributed by atoms with Crippen LogP contribution in [0.1, 0.15) is 10.5 Å². The molecule has 88 valence electrons. The first-order valence-electron chi connectivity index (χ1n) is 5.20. The standard InChI is InChI=1S/C11H8N6O/c18-11(16-9-3-4-14-17-9)8-2-1-7-5-12-6-13-10(7)15-8/h1-6H,(H2,14,16,17,18). The number of H-pyrrole nitrogens is 1. The van der Waals surface area contributed by atoms with Gasteiger partial charge in [0, 0.05) is 17.6 Å². The summed E-state index contributed by atoms with van der Waals surface area (Å²) in [6.07, 6.45) is 4.59. The van der Waals surface area contributed by atoms with Gasteiger partial charge in [0.25, 0.3) is 5.91 Å². The third kappa shape index (κ3) is 1.88. The number of carbonyl (C=O) groups excluding carboxylic acids is 1. The lowest BCUT2D eigenvalue weighted by Crippen LogP contribution is -2.14. The number of carbonyl (C=O) groups is 1. The summed E-state index contributed by atoms with van der Waals surface area (Å²) in [5.41, 5.74) is 0.776. The number of rotatable bonds is 2. The Hall–Kier alpha value is -2.83. The van der Waals surface area contributed by atoms with Crippen molar-refractivity contribution >= 4 is 22.8 Å². The summed E-state index contributed by atoms with van der Waals surface area (Å²) >= 11 is 0. The molecule has 0 bridgehead atoms. The largest absolute Gasteiger partial charge is 0.306 e. The molecule has 18 heavy (non-hydrogen) atoms. The van der Waals surface area contributed by atoms with Gasteiger partial charge in [0.05, 0.1) is 6.20 Å². The normalized spacial score (nSPS) is 10.4. The molecule has 3 heterocycles. The van der Waals surface area contributed by atoms with E-state index in [4.69, 9.17) is 0 Å². The molecule has 0 radical (unpaired) electrons. The Morgan fingerprint density at radius 3 is 3.06 bits per heavy atom. The Kier molecular flexibility index (Phi) is 2.41. The van der Waals surface area contributed by atoms with Gasteiger partial charge in [0.2, 0.25) is 0 Å². The van der Waals surface area contributed by atoms with Crippen LogP contribution in [-0.2, 0) is 0 Å². The van der Waals surface area contributed by atoms with Crippen LogP contribution in [0.3, 0.4) is 0 Å². The molecule has 0 saturated carbocycles. The highest BCUT2D eigenvalue weighted by molar-refractivity contribution is 6.03. The topological polar surface area (TPSA) is 96.5 Å². The van der Waals surface area contributed by atoms with E-state index in [1.54, 1.807) is 30.6 Å². The fraction of sp³-hybridized carbons (Fsp3) is 0. The van der Waals surface area contributed by atoms with E-state index in [-0.39, 0.29) is 11.6 Å². The first kappa shape index (κ1) is 10.3. The van der Waals surface area contributed by atoms with Gasteiger partial charge in [0.1, 0.15) is 17.8 Å². The van der Waals surface area contributed by atoms with Crippen LogP contribution < -0.4 is 5.32 Å². The maximum Gasteiger partial charge on any atom is 0.275 e. The number of nitrogens with zero attached hydrogens (tertiary/aromatic N) is 4. The molecule has 3 aromatic rings. The van der Waals surface area contributed by atoms with Gasteiger partial charge in [0.15, 0.2) is 5.65 Å². The minimum absolute atomic E-state index is 0.288. The van der Waals surface area contributed by atoms with Crippen LogP contribution in [0.25, 0.3) is 11.0 Å². The third-order valence-corrected chi connectivity index (χ3v) is 2.35. The first-order chi connectivity index (χ1) is 8.83. The predicted octanol–water partition coefficient (Wildman–Crippen LogP) is 1.00. The minimum Gasteiger partial charge on any atom is -0.306 e. The highest BCUT2D eigenvalue weighted by Crippen LogP contribution is 2.09. The Morgan fingerprint density at radius 1 is 1.28 bits per heavy atom. The Balaban J connectivity index is 1.92. The number of aromatic nitrogens is 5. The minimum atomic E-state index is -0.320. The molecule has 0 fully saturated rings. The zero-order valence-electron chi connectivity index (χ0n) is 9.16. The van der Waals surface area contributed by atoms with E-state index in [1.165, 1.54) is 6.33 Å². The number of fused-ring (bicyclic) bond motifs is 1. The van der Waals surface area contributed by atoms with Gasteiger partial charge in [-0.1, -0.05) is 0 Å². The zero-order valence-corrected chi connectivity index (χ0v) is 9.16. The van der Waals surface area contributed by atoms with E-state index in [1.807, 2.05) is 0 Å². The van der Waals surface area contributed by atoms with Gasteiger partial charge < -0.3 is 5.32 Å². The van der Waals surface area contributed by atoms with Crippen molar-refractivity contribution in [3.63, 3.8) is 0 Å². The number of aromatic amines is 1. The molecular weight excluding hydrogens is 232 g/mol. The number of nitrogens with one attached hydrogen (secondary N) is 2. The lowest BCUT2D eigenvalue weighted by molar-refractivity contribution is 0.102. The molecule has 0 saturated heterocycles. The average Bonchev–Trinajstić information content (AvgIpc) is 2.91. The van der Waals surface area contributed by atoms with Crippen molar-refractivity contribution in [1.82, 2.24) is 25.1 Å². The number of anilines is 1. The number of hydrogen-bond acceptors (Lipinski definition) is 5. The van der Waals surface area contributed by atoms with Gasteiger partial charge in [-0.05, 0) is 12.1 Å². The van der Waals surface area contributed by atoms with Crippen LogP contribution in [0.15, 0.2) is 36.9 Å². The summed E-state index contributed by atoms with van der Waals surface area (Å²) in [5, 5.41) is 9.81. The summed E-state index contributed by atoms with van der Waals surface area (Å²) in [7, 11) is 0. The summed E-state index contributed by atoms with van der Waals surface area (Å²) in [4.78, 5) is 23.9. The van der Waals surface area contributed by atoms with E-state index in [0.29, 0.717) is 11.5 Å². The highest BCUT2D eigenvalue weighted by atomic mass is 16.1. The van der Waals surface area contributed by atoms with Crippen molar-refractivity contribution in [2.45, 2.75) is 0 Å². The number of hydrogen-bond donors (Lipinski definition) is 2. The van der Waals surface area contributed by atoms with Crippen LogP contribution in [0, 0.1) is 0 Å². The molecule has 7 heteroatoms. The van der Waals surface area contributed by atoms with Crippen molar-refractivity contribution < 1.29 is 4.79 Å². The van der Waals surface area contributed by atoms with E-state index in [0.717, 1.165) is 5.39 Å². The summed E-state index contributed by atoms with van der Waals surface area (Å²) in [5.74, 6) is 0.198. The summed E-state index contributed by atoms with van der Waals surface area (Å²) in [6.45, 7) is 0. The molecule has 0 unspecified atom stereocenters. The third-order valence-electron chi connectivity index (χ3n) is 2.35. The van der Waals surface area contributed by atoms with E-state index in [9.17, 15) is 4.79 Å². The SMILES string of the molecule is O=C(Nc1ccn[nH]1)c1ccc2cncnc2n1. The molecule has 1 amide bonds. The second kappa shape index (κ2) is 4.21. The van der Waals surface area contributed by atoms with E-state index >= 15 is 0 Å². The van der Waals surface area contributed by atoms with Crippen molar-refractivity contribution in [2.24, 2.45) is 0 Å². The van der Waals surface area contributed by atoms with Crippen molar-refractivity contribution in [3.8, 4) is 0 Å². The Morgan fingerprint density at radius 2 is 2.22 bits per heavy atom. The average molecular weight is 240 g/mol. The predicted molar refractivity (Wildman–Crippen MR) is 63.9 cm³/mol. The van der Waals surface area contributed by atoms with Gasteiger partial charge >= 0.3 is 0 Å². The molecular formula is C11H8N6O. The Bertz CT molecular complexity index is 694. The number of pyridine rings is 1. The van der Waals surface area contributed by atoms with Crippen LogP contribution in [-0.4, -0.2) is 31.1 Å². The fourth-order valence-corrected chi connectivity index (χ4v) is 1.50. The van der Waals surface area contributed by atoms with Crippen molar-refractivity contribution in [2.75, 3.05) is 5.32 Å². The quantitative estimate of drug-likeness (QED) is 0.696. The molecule has 3 rings (SSSR count). The molecule has 2 N–H and O–H groups in total. The monoisotopic (exact) mass is 240 g/mol. The van der Waals surface area contributed by atoms with Gasteiger partial charge in [-0.2, -0.15) is 5.10 Å². The number of amides is 1. The summed E-state index contributed by atoms with van der Waals surface area (Å²) < 4.78 is 0. The lowest BCUT2D eigenvalue weighted by Gasteiger charge is -2.02. The van der Waals surface area contributed by atoms with Gasteiger partial charge in [-0.15, -0.1) is 0 Å². The van der Waals surface area contributed by atoms with Crippen molar-refractivity contribution in [1.29, 1.82) is 0 Å². The van der Waals surface area contributed by atoms with Crippen LogP contribution in [0.4, 0.5) is 5.82 Å². The summed E-state index contributed by atoms with van der Waals surface area (Å²) in [6, 6.07) is 5.03. The molecule has 0 aliphatic heterocycles. The maximum atomic E-state index is 11.9. The molecule has 0 aromatic carbocycles. The smallest absolute Gasteiger partial charge is 0.275 e.